The van der Waals surface area contributed by atoms with E-state index in [0.717, 1.165) is 27.8 Å². The summed E-state index contributed by atoms with van der Waals surface area (Å²) in [7, 11) is 0. The maximum Gasteiger partial charge on any atom is 0.326 e. The maximum atomic E-state index is 13.4. The molecule has 8 nitrogen and oxygen atoms in total. The molecule has 37 heavy (non-hydrogen) atoms. The SMILES string of the molecule is CSCC[C@H](NC(=O)c1ccc(C(Cc2ccccc2)c2nn[nH]n2)cc1-c1ccccc1C)C(=O)O. The second-order valence-electron chi connectivity index (χ2n) is 8.78. The van der Waals surface area contributed by atoms with Gasteiger partial charge in [-0.3, -0.25) is 4.79 Å². The Bertz CT molecular complexity index is 1350. The first-order chi connectivity index (χ1) is 18.0. The number of aromatic amines is 1. The average Bonchev–Trinajstić information content (AvgIpc) is 3.45. The molecule has 9 heteroatoms. The summed E-state index contributed by atoms with van der Waals surface area (Å²) in [6, 6.07) is 22.6. The average molecular weight is 516 g/mol. The monoisotopic (exact) mass is 515 g/mol. The van der Waals surface area contributed by atoms with Crippen LogP contribution in [-0.4, -0.2) is 55.7 Å². The summed E-state index contributed by atoms with van der Waals surface area (Å²) in [5.41, 5.74) is 5.10. The van der Waals surface area contributed by atoms with Crippen molar-refractivity contribution in [3.8, 4) is 11.1 Å². The van der Waals surface area contributed by atoms with Crippen LogP contribution in [-0.2, 0) is 11.2 Å². The van der Waals surface area contributed by atoms with Crippen molar-refractivity contribution in [1.29, 1.82) is 0 Å². The third-order valence-electron chi connectivity index (χ3n) is 6.30. The van der Waals surface area contributed by atoms with E-state index in [-0.39, 0.29) is 5.92 Å². The number of thioether (sulfide) groups is 1. The maximum absolute atomic E-state index is 13.4. The number of rotatable bonds is 11. The largest absolute Gasteiger partial charge is 0.480 e. The molecular formula is C28H29N5O3S. The molecule has 0 fully saturated rings. The standard InChI is InChI=1S/C28H29N5O3S/c1-18-8-6-7-11-21(18)24-17-20(12-13-22(24)27(34)29-25(28(35)36)14-15-37-2)23(26-30-32-33-31-26)16-19-9-4-3-5-10-19/h3-13,17,23,25H,14-16H2,1-2H3,(H,29,34)(H,35,36)(H,30,31,32,33)/t23?,25-/m0/s1. The van der Waals surface area contributed by atoms with E-state index in [1.165, 1.54) is 0 Å². The van der Waals surface area contributed by atoms with Gasteiger partial charge in [-0.1, -0.05) is 65.9 Å². The number of nitrogens with zero attached hydrogens (tertiary/aromatic N) is 3. The number of carboxylic acids is 1. The number of carbonyl (C=O) groups excluding carboxylic acids is 1. The predicted octanol–water partition coefficient (Wildman–Crippen LogP) is 4.49. The van der Waals surface area contributed by atoms with Crippen LogP contribution in [0.4, 0.5) is 0 Å². The quantitative estimate of drug-likeness (QED) is 0.269. The minimum absolute atomic E-state index is 0.200. The van der Waals surface area contributed by atoms with Gasteiger partial charge in [0.2, 0.25) is 0 Å². The Morgan fingerprint density at radius 3 is 2.46 bits per heavy atom. The fourth-order valence-electron chi connectivity index (χ4n) is 4.33. The molecule has 190 valence electrons. The van der Waals surface area contributed by atoms with Gasteiger partial charge in [0.05, 0.1) is 5.92 Å². The van der Waals surface area contributed by atoms with Crippen molar-refractivity contribution in [3.63, 3.8) is 0 Å². The summed E-state index contributed by atoms with van der Waals surface area (Å²) in [5, 5.41) is 27.2. The van der Waals surface area contributed by atoms with Gasteiger partial charge in [0.15, 0.2) is 5.82 Å². The number of aromatic nitrogens is 4. The molecule has 1 heterocycles. The lowest BCUT2D eigenvalue weighted by Crippen LogP contribution is -2.41. The molecule has 3 aromatic carbocycles. The number of H-pyrrole nitrogens is 1. The van der Waals surface area contributed by atoms with Crippen molar-refractivity contribution in [2.75, 3.05) is 12.0 Å². The first kappa shape index (κ1) is 26.1. The summed E-state index contributed by atoms with van der Waals surface area (Å²) < 4.78 is 0. The Balaban J connectivity index is 1.77. The molecule has 4 aromatic rings. The molecule has 0 aliphatic carbocycles. The minimum Gasteiger partial charge on any atom is -0.480 e. The van der Waals surface area contributed by atoms with E-state index in [9.17, 15) is 14.7 Å². The van der Waals surface area contributed by atoms with Crippen LogP contribution in [0.15, 0.2) is 72.8 Å². The van der Waals surface area contributed by atoms with Gasteiger partial charge in [-0.2, -0.15) is 17.0 Å². The number of benzene rings is 3. The molecule has 0 bridgehead atoms. The number of nitrogens with one attached hydrogen (secondary N) is 2. The number of carbonyl (C=O) groups is 2. The normalized spacial score (nSPS) is 12.6. The third-order valence-corrected chi connectivity index (χ3v) is 6.94. The van der Waals surface area contributed by atoms with E-state index < -0.39 is 17.9 Å². The van der Waals surface area contributed by atoms with E-state index in [1.54, 1.807) is 17.8 Å². The molecule has 0 spiro atoms. The highest BCUT2D eigenvalue weighted by atomic mass is 32.2. The highest BCUT2D eigenvalue weighted by Crippen LogP contribution is 2.33. The Labute approximate surface area is 219 Å². The lowest BCUT2D eigenvalue weighted by molar-refractivity contribution is -0.139. The molecule has 3 N–H and O–H groups in total. The van der Waals surface area contributed by atoms with Crippen LogP contribution >= 0.6 is 11.8 Å². The molecule has 0 radical (unpaired) electrons. The van der Waals surface area contributed by atoms with Crippen LogP contribution < -0.4 is 5.32 Å². The Hall–Kier alpha value is -3.98. The lowest BCUT2D eigenvalue weighted by atomic mass is 9.86. The second kappa shape index (κ2) is 12.3. The van der Waals surface area contributed by atoms with Crippen LogP contribution in [0.3, 0.4) is 0 Å². The highest BCUT2D eigenvalue weighted by molar-refractivity contribution is 7.98. The minimum atomic E-state index is -1.04. The van der Waals surface area contributed by atoms with Gasteiger partial charge >= 0.3 is 5.97 Å². The molecule has 0 saturated carbocycles. The lowest BCUT2D eigenvalue weighted by Gasteiger charge is -2.20. The molecule has 1 aromatic heterocycles. The Kier molecular flexibility index (Phi) is 8.68. The fraction of sp³-hybridized carbons (Fsp3) is 0.250. The highest BCUT2D eigenvalue weighted by Gasteiger charge is 2.25. The zero-order valence-corrected chi connectivity index (χ0v) is 21.5. The van der Waals surface area contributed by atoms with Gasteiger partial charge in [0.25, 0.3) is 5.91 Å². The summed E-state index contributed by atoms with van der Waals surface area (Å²) in [6.45, 7) is 1.99. The second-order valence-corrected chi connectivity index (χ2v) is 9.76. The van der Waals surface area contributed by atoms with Crippen LogP contribution in [0, 0.1) is 6.92 Å². The van der Waals surface area contributed by atoms with Crippen molar-refractivity contribution >= 4 is 23.6 Å². The number of carboxylic acid groups (broad SMARTS) is 1. The van der Waals surface area contributed by atoms with Gasteiger partial charge in [-0.05, 0) is 71.7 Å². The van der Waals surface area contributed by atoms with Crippen LogP contribution in [0.5, 0.6) is 0 Å². The van der Waals surface area contributed by atoms with Gasteiger partial charge in [0, 0.05) is 5.56 Å². The number of aliphatic carboxylic acids is 1. The number of amides is 1. The van der Waals surface area contributed by atoms with Crippen molar-refractivity contribution in [2.24, 2.45) is 0 Å². The Morgan fingerprint density at radius 2 is 1.78 bits per heavy atom. The topological polar surface area (TPSA) is 121 Å². The summed E-state index contributed by atoms with van der Waals surface area (Å²) in [6.07, 6.45) is 2.90. The zero-order valence-electron chi connectivity index (χ0n) is 20.7. The number of hydrogen-bond acceptors (Lipinski definition) is 6. The molecule has 2 atom stereocenters. The molecule has 0 saturated heterocycles. The van der Waals surface area contributed by atoms with E-state index in [2.05, 4.69) is 38.1 Å². The Morgan fingerprint density at radius 1 is 1.03 bits per heavy atom. The fourth-order valence-corrected chi connectivity index (χ4v) is 4.80. The van der Waals surface area contributed by atoms with Gasteiger partial charge < -0.3 is 10.4 Å². The smallest absolute Gasteiger partial charge is 0.326 e. The molecule has 1 unspecified atom stereocenters. The first-order valence-corrected chi connectivity index (χ1v) is 13.4. The first-order valence-electron chi connectivity index (χ1n) is 12.0. The van der Waals surface area contributed by atoms with Gasteiger partial charge in [0.1, 0.15) is 6.04 Å². The summed E-state index contributed by atoms with van der Waals surface area (Å²) in [5.74, 6) is -0.477. The predicted molar refractivity (Wildman–Crippen MR) is 145 cm³/mol. The van der Waals surface area contributed by atoms with Crippen LogP contribution in [0.25, 0.3) is 11.1 Å². The van der Waals surface area contributed by atoms with Crippen molar-refractivity contribution in [1.82, 2.24) is 25.9 Å². The molecule has 0 aliphatic heterocycles. The van der Waals surface area contributed by atoms with E-state index in [0.29, 0.717) is 30.0 Å². The number of aryl methyl sites for hydroxylation is 1. The number of hydrogen-bond donors (Lipinski definition) is 3. The zero-order chi connectivity index (χ0) is 26.2. The molecule has 0 aliphatic rings. The van der Waals surface area contributed by atoms with Gasteiger partial charge in [-0.25, -0.2) is 4.79 Å². The van der Waals surface area contributed by atoms with Crippen LogP contribution in [0.2, 0.25) is 0 Å². The van der Waals surface area contributed by atoms with E-state index in [1.807, 2.05) is 67.8 Å². The molecular weight excluding hydrogens is 486 g/mol. The third kappa shape index (κ3) is 6.42. The molecule has 4 rings (SSSR count). The molecule has 1 amide bonds. The summed E-state index contributed by atoms with van der Waals surface area (Å²) in [4.78, 5) is 25.2. The van der Waals surface area contributed by atoms with Crippen molar-refractivity contribution in [3.05, 3.63) is 101 Å². The number of tetrazole rings is 1. The van der Waals surface area contributed by atoms with E-state index >= 15 is 0 Å². The van der Waals surface area contributed by atoms with E-state index in [4.69, 9.17) is 0 Å². The van der Waals surface area contributed by atoms with Crippen molar-refractivity contribution < 1.29 is 14.7 Å². The summed E-state index contributed by atoms with van der Waals surface area (Å²) >= 11 is 1.54. The van der Waals surface area contributed by atoms with Crippen LogP contribution in [0.1, 0.15) is 45.2 Å². The van der Waals surface area contributed by atoms with Gasteiger partial charge in [-0.15, -0.1) is 10.2 Å². The van der Waals surface area contributed by atoms with Crippen molar-refractivity contribution in [2.45, 2.75) is 31.7 Å².